The minimum atomic E-state index is -0.556. The van der Waals surface area contributed by atoms with Gasteiger partial charge in [0, 0.05) is 12.1 Å². The summed E-state index contributed by atoms with van der Waals surface area (Å²) >= 11 is 4.51. The van der Waals surface area contributed by atoms with Crippen LogP contribution in [0.3, 0.4) is 0 Å². The van der Waals surface area contributed by atoms with E-state index in [1.165, 1.54) is 12.1 Å². The third kappa shape index (κ3) is 2.76. The van der Waals surface area contributed by atoms with Gasteiger partial charge in [0.15, 0.2) is 0 Å². The molecule has 3 N–H and O–H groups in total. The number of non-ortho nitro benzene ring substituents is 1. The van der Waals surface area contributed by atoms with Crippen LogP contribution >= 0.6 is 12.6 Å². The Labute approximate surface area is 136 Å². The van der Waals surface area contributed by atoms with E-state index in [9.17, 15) is 14.9 Å². The topological polar surface area (TPSA) is 115 Å². The van der Waals surface area contributed by atoms with E-state index >= 15 is 0 Å². The Bertz CT molecular complexity index is 905. The third-order valence-electron chi connectivity index (χ3n) is 3.48. The second-order valence-electron chi connectivity index (χ2n) is 4.94. The van der Waals surface area contributed by atoms with Gasteiger partial charge in [-0.1, -0.05) is 18.2 Å². The average Bonchev–Trinajstić information content (AvgIpc) is 2.97. The summed E-state index contributed by atoms with van der Waals surface area (Å²) in [5.41, 5.74) is 7.59. The van der Waals surface area contributed by atoms with Crippen LogP contribution in [-0.2, 0) is 0 Å². The van der Waals surface area contributed by atoms with Crippen molar-refractivity contribution in [3.05, 3.63) is 69.5 Å². The molecule has 3 aromatic rings. The van der Waals surface area contributed by atoms with Crippen molar-refractivity contribution in [3.8, 4) is 0 Å². The van der Waals surface area contributed by atoms with Crippen LogP contribution in [0.15, 0.2) is 42.5 Å². The fourth-order valence-corrected chi connectivity index (χ4v) is 2.61. The van der Waals surface area contributed by atoms with Gasteiger partial charge in [-0.25, -0.2) is 4.98 Å². The Morgan fingerprint density at radius 3 is 2.57 bits per heavy atom. The maximum atomic E-state index is 11.5. The number of hydrogen-bond acceptors (Lipinski definition) is 5. The Balaban J connectivity index is 2.00. The number of nitrogens with zero attached hydrogens (tertiary/aromatic N) is 2. The smallest absolute Gasteiger partial charge is 0.269 e. The Morgan fingerprint density at radius 1 is 1.26 bits per heavy atom. The van der Waals surface area contributed by atoms with Crippen molar-refractivity contribution in [3.63, 3.8) is 0 Å². The number of nitrogens with two attached hydrogens (primary N) is 1. The van der Waals surface area contributed by atoms with Crippen molar-refractivity contribution in [1.29, 1.82) is 0 Å². The number of benzene rings is 2. The van der Waals surface area contributed by atoms with Crippen molar-refractivity contribution >= 4 is 35.3 Å². The molecule has 0 radical (unpaired) electrons. The van der Waals surface area contributed by atoms with E-state index in [1.807, 2.05) is 0 Å². The zero-order valence-electron chi connectivity index (χ0n) is 11.8. The van der Waals surface area contributed by atoms with E-state index in [0.29, 0.717) is 22.4 Å². The molecule has 0 aliphatic heterocycles. The predicted molar refractivity (Wildman–Crippen MR) is 88.5 cm³/mol. The van der Waals surface area contributed by atoms with E-state index in [1.54, 1.807) is 30.3 Å². The number of aromatic amines is 1. The van der Waals surface area contributed by atoms with Gasteiger partial charge in [-0.3, -0.25) is 14.9 Å². The van der Waals surface area contributed by atoms with Crippen LogP contribution in [-0.4, -0.2) is 20.8 Å². The molecule has 3 rings (SSSR count). The minimum Gasteiger partial charge on any atom is -0.366 e. The molecular weight excluding hydrogens is 316 g/mol. The SMILES string of the molecule is NC(=O)c1cccc2[nH]c(C(S)c3ccc([N+](=O)[O-])cc3)nc12. The Hall–Kier alpha value is -2.87. The molecule has 1 atom stereocenters. The Kier molecular flexibility index (Phi) is 3.75. The van der Waals surface area contributed by atoms with E-state index < -0.39 is 16.1 Å². The van der Waals surface area contributed by atoms with Gasteiger partial charge in [0.2, 0.25) is 0 Å². The number of nitro benzene ring substituents is 1. The van der Waals surface area contributed by atoms with E-state index in [0.717, 1.165) is 5.56 Å². The maximum Gasteiger partial charge on any atom is 0.269 e. The standard InChI is InChI=1S/C15H12N4O3S/c16-14(20)10-2-1-3-11-12(10)18-15(17-11)13(23)8-4-6-9(7-5-8)19(21)22/h1-7,13,23H,(H2,16,20)(H,17,18). The summed E-state index contributed by atoms with van der Waals surface area (Å²) in [4.78, 5) is 29.2. The summed E-state index contributed by atoms with van der Waals surface area (Å²) in [6.07, 6.45) is 0. The molecule has 1 heterocycles. The molecule has 1 amide bonds. The summed E-state index contributed by atoms with van der Waals surface area (Å²) < 4.78 is 0. The quantitative estimate of drug-likeness (QED) is 0.388. The number of carbonyl (C=O) groups is 1. The molecule has 0 spiro atoms. The monoisotopic (exact) mass is 328 g/mol. The first-order valence-electron chi connectivity index (χ1n) is 6.68. The summed E-state index contributed by atoms with van der Waals surface area (Å²) in [7, 11) is 0. The number of fused-ring (bicyclic) bond motifs is 1. The highest BCUT2D eigenvalue weighted by atomic mass is 32.1. The molecule has 0 saturated carbocycles. The summed E-state index contributed by atoms with van der Waals surface area (Å²) in [6, 6.07) is 11.2. The van der Waals surface area contributed by atoms with Gasteiger partial charge >= 0.3 is 0 Å². The average molecular weight is 328 g/mol. The van der Waals surface area contributed by atoms with Crippen LogP contribution in [0, 0.1) is 10.1 Å². The third-order valence-corrected chi connectivity index (χ3v) is 4.02. The number of amides is 1. The molecule has 23 heavy (non-hydrogen) atoms. The number of H-pyrrole nitrogens is 1. The lowest BCUT2D eigenvalue weighted by Crippen LogP contribution is -2.11. The Morgan fingerprint density at radius 2 is 1.96 bits per heavy atom. The number of primary amides is 1. The molecule has 7 nitrogen and oxygen atoms in total. The van der Waals surface area contributed by atoms with Gasteiger partial charge in [0.1, 0.15) is 11.3 Å². The lowest BCUT2D eigenvalue weighted by molar-refractivity contribution is -0.384. The van der Waals surface area contributed by atoms with Crippen LogP contribution in [0.4, 0.5) is 5.69 Å². The lowest BCUT2D eigenvalue weighted by Gasteiger charge is -2.07. The summed E-state index contributed by atoms with van der Waals surface area (Å²) in [5, 5.41) is 10.3. The molecule has 116 valence electrons. The number of imidazole rings is 1. The van der Waals surface area contributed by atoms with Crippen molar-refractivity contribution in [2.75, 3.05) is 0 Å². The first kappa shape index (κ1) is 15.0. The number of aromatic nitrogens is 2. The number of para-hydroxylation sites is 1. The van der Waals surface area contributed by atoms with Crippen LogP contribution in [0.1, 0.15) is 27.0 Å². The molecule has 0 saturated heterocycles. The summed E-state index contributed by atoms with van der Waals surface area (Å²) in [6.45, 7) is 0. The van der Waals surface area contributed by atoms with Crippen LogP contribution in [0.25, 0.3) is 11.0 Å². The van der Waals surface area contributed by atoms with Crippen molar-refractivity contribution in [2.45, 2.75) is 5.25 Å². The number of carbonyl (C=O) groups excluding carboxylic acids is 1. The highest BCUT2D eigenvalue weighted by Crippen LogP contribution is 2.29. The number of nitro groups is 1. The number of rotatable bonds is 4. The minimum absolute atomic E-state index is 0.00917. The van der Waals surface area contributed by atoms with Gasteiger partial charge in [-0.2, -0.15) is 12.6 Å². The second-order valence-corrected chi connectivity index (χ2v) is 5.46. The normalized spacial score (nSPS) is 12.2. The molecule has 0 aliphatic rings. The molecule has 1 aromatic heterocycles. The van der Waals surface area contributed by atoms with Gasteiger partial charge in [-0.05, 0) is 17.7 Å². The fourth-order valence-electron chi connectivity index (χ4n) is 2.32. The molecule has 2 aromatic carbocycles. The molecule has 0 bridgehead atoms. The lowest BCUT2D eigenvalue weighted by atomic mass is 10.1. The zero-order chi connectivity index (χ0) is 16.6. The largest absolute Gasteiger partial charge is 0.366 e. The molecule has 0 fully saturated rings. The maximum absolute atomic E-state index is 11.5. The second kappa shape index (κ2) is 5.73. The van der Waals surface area contributed by atoms with E-state index in [2.05, 4.69) is 22.6 Å². The first-order valence-corrected chi connectivity index (χ1v) is 7.20. The molecule has 8 heteroatoms. The number of nitrogens with one attached hydrogen (secondary N) is 1. The van der Waals surface area contributed by atoms with E-state index in [-0.39, 0.29) is 5.69 Å². The zero-order valence-corrected chi connectivity index (χ0v) is 12.7. The summed E-state index contributed by atoms with van der Waals surface area (Å²) in [5.74, 6) is -0.0226. The van der Waals surface area contributed by atoms with Gasteiger partial charge in [0.05, 0.1) is 21.3 Å². The van der Waals surface area contributed by atoms with Crippen molar-refractivity contribution in [1.82, 2.24) is 9.97 Å². The van der Waals surface area contributed by atoms with Gasteiger partial charge < -0.3 is 10.7 Å². The van der Waals surface area contributed by atoms with Gasteiger partial charge in [0.25, 0.3) is 11.6 Å². The van der Waals surface area contributed by atoms with Crippen LogP contribution in [0.2, 0.25) is 0 Å². The molecule has 0 aliphatic carbocycles. The molecular formula is C15H12N4O3S. The van der Waals surface area contributed by atoms with Crippen molar-refractivity contribution < 1.29 is 9.72 Å². The highest BCUT2D eigenvalue weighted by Gasteiger charge is 2.17. The fraction of sp³-hybridized carbons (Fsp3) is 0.0667. The van der Waals surface area contributed by atoms with Gasteiger partial charge in [-0.15, -0.1) is 0 Å². The van der Waals surface area contributed by atoms with Crippen molar-refractivity contribution in [2.24, 2.45) is 5.73 Å². The highest BCUT2D eigenvalue weighted by molar-refractivity contribution is 7.80. The molecule has 1 unspecified atom stereocenters. The van der Waals surface area contributed by atoms with Crippen LogP contribution < -0.4 is 5.73 Å². The predicted octanol–water partition coefficient (Wildman–Crippen LogP) is 2.59. The number of hydrogen-bond donors (Lipinski definition) is 3. The first-order chi connectivity index (χ1) is 11.0. The van der Waals surface area contributed by atoms with Crippen LogP contribution in [0.5, 0.6) is 0 Å². The number of thiol groups is 1. The van der Waals surface area contributed by atoms with E-state index in [4.69, 9.17) is 5.73 Å².